The highest BCUT2D eigenvalue weighted by Crippen LogP contribution is 2.26. The van der Waals surface area contributed by atoms with E-state index in [1.54, 1.807) is 0 Å². The summed E-state index contributed by atoms with van der Waals surface area (Å²) in [4.78, 5) is 4.75. The minimum atomic E-state index is 0.439. The highest BCUT2D eigenvalue weighted by atomic mass is 15.2. The summed E-state index contributed by atoms with van der Waals surface area (Å²) in [6, 6.07) is 9.67. The normalized spacial score (nSPS) is 23.3. The summed E-state index contributed by atoms with van der Waals surface area (Å²) in [5.74, 6) is 0. The summed E-state index contributed by atoms with van der Waals surface area (Å²) < 4.78 is 0. The molecule has 2 unspecified atom stereocenters. The molecule has 100 valence electrons. The van der Waals surface area contributed by atoms with Gasteiger partial charge in [-0.1, -0.05) is 24.3 Å². The zero-order valence-electron chi connectivity index (χ0n) is 12.0. The lowest BCUT2D eigenvalue weighted by Crippen LogP contribution is -2.54. The molecule has 2 atom stereocenters. The van der Waals surface area contributed by atoms with Gasteiger partial charge in [-0.25, -0.2) is 0 Å². The van der Waals surface area contributed by atoms with Gasteiger partial charge in [0.15, 0.2) is 0 Å². The molecule has 1 N–H and O–H groups in total. The van der Waals surface area contributed by atoms with Gasteiger partial charge >= 0.3 is 0 Å². The van der Waals surface area contributed by atoms with E-state index in [1.165, 1.54) is 11.1 Å². The lowest BCUT2D eigenvalue weighted by atomic mass is 9.93. The Kier molecular flexibility index (Phi) is 4.38. The van der Waals surface area contributed by atoms with Crippen molar-refractivity contribution in [3.05, 3.63) is 35.4 Å². The number of likely N-dealkylation sites (N-methyl/N-ethyl adjacent to an activating group) is 2. The molecule has 0 aromatic heterocycles. The van der Waals surface area contributed by atoms with Crippen LogP contribution in [0.2, 0.25) is 0 Å². The monoisotopic (exact) mass is 247 g/mol. The summed E-state index contributed by atoms with van der Waals surface area (Å²) in [5, 5.41) is 3.67. The zero-order valence-corrected chi connectivity index (χ0v) is 12.0. The maximum atomic E-state index is 3.67. The Bertz CT molecular complexity index is 389. The fraction of sp³-hybridized carbons (Fsp3) is 0.600. The molecule has 18 heavy (non-hydrogen) atoms. The summed E-state index contributed by atoms with van der Waals surface area (Å²) in [5.41, 5.74) is 2.82. The topological polar surface area (TPSA) is 18.5 Å². The van der Waals surface area contributed by atoms with Gasteiger partial charge in [0.2, 0.25) is 0 Å². The Morgan fingerprint density at radius 3 is 2.67 bits per heavy atom. The van der Waals surface area contributed by atoms with Crippen molar-refractivity contribution in [2.45, 2.75) is 19.0 Å². The summed E-state index contributed by atoms with van der Waals surface area (Å²) in [6.07, 6.45) is 0. The van der Waals surface area contributed by atoms with Gasteiger partial charge < -0.3 is 15.1 Å². The third-order valence-corrected chi connectivity index (χ3v) is 3.85. The fourth-order valence-corrected chi connectivity index (χ4v) is 2.92. The molecule has 1 heterocycles. The summed E-state index contributed by atoms with van der Waals surface area (Å²) in [6.45, 7) is 5.54. The van der Waals surface area contributed by atoms with E-state index in [0.29, 0.717) is 12.1 Å². The number of rotatable bonds is 3. The predicted octanol–water partition coefficient (Wildman–Crippen LogP) is 1.50. The number of hydrogen-bond donors (Lipinski definition) is 1. The van der Waals surface area contributed by atoms with E-state index in [4.69, 9.17) is 0 Å². The van der Waals surface area contributed by atoms with E-state index in [9.17, 15) is 0 Å². The minimum Gasteiger partial charge on any atom is -0.310 e. The highest BCUT2D eigenvalue weighted by Gasteiger charge is 2.28. The van der Waals surface area contributed by atoms with Crippen molar-refractivity contribution in [2.75, 3.05) is 40.8 Å². The highest BCUT2D eigenvalue weighted by molar-refractivity contribution is 5.30. The van der Waals surface area contributed by atoms with E-state index in [0.717, 1.165) is 19.6 Å². The Labute approximate surface area is 111 Å². The van der Waals surface area contributed by atoms with Gasteiger partial charge in [0.25, 0.3) is 0 Å². The van der Waals surface area contributed by atoms with Crippen molar-refractivity contribution in [1.29, 1.82) is 0 Å². The van der Waals surface area contributed by atoms with Gasteiger partial charge in [0, 0.05) is 25.7 Å². The van der Waals surface area contributed by atoms with Crippen molar-refractivity contribution in [2.24, 2.45) is 0 Å². The number of nitrogens with one attached hydrogen (secondary N) is 1. The number of aryl methyl sites for hydroxylation is 1. The second kappa shape index (κ2) is 5.83. The maximum Gasteiger partial charge on any atom is 0.0511 e. The van der Waals surface area contributed by atoms with Gasteiger partial charge in [0.05, 0.1) is 6.04 Å². The molecule has 0 amide bonds. The van der Waals surface area contributed by atoms with Gasteiger partial charge in [-0.05, 0) is 39.2 Å². The van der Waals surface area contributed by atoms with Crippen LogP contribution in [0.3, 0.4) is 0 Å². The van der Waals surface area contributed by atoms with Crippen LogP contribution in [0.15, 0.2) is 24.3 Å². The van der Waals surface area contributed by atoms with Crippen LogP contribution in [0.4, 0.5) is 0 Å². The first-order chi connectivity index (χ1) is 8.59. The van der Waals surface area contributed by atoms with Crippen molar-refractivity contribution >= 4 is 0 Å². The van der Waals surface area contributed by atoms with Gasteiger partial charge in [-0.2, -0.15) is 0 Å². The van der Waals surface area contributed by atoms with Gasteiger partial charge in [0.1, 0.15) is 0 Å². The second-order valence-electron chi connectivity index (χ2n) is 5.59. The molecule has 0 spiro atoms. The average Bonchev–Trinajstić information content (AvgIpc) is 2.32. The van der Waals surface area contributed by atoms with E-state index in [-0.39, 0.29) is 0 Å². The molecule has 1 fully saturated rings. The third-order valence-electron chi connectivity index (χ3n) is 3.85. The van der Waals surface area contributed by atoms with Crippen LogP contribution >= 0.6 is 0 Å². The van der Waals surface area contributed by atoms with Crippen LogP contribution in [-0.4, -0.2) is 56.6 Å². The number of nitrogens with zero attached hydrogens (tertiary/aromatic N) is 2. The molecule has 1 saturated heterocycles. The molecule has 0 radical (unpaired) electrons. The van der Waals surface area contributed by atoms with Crippen LogP contribution in [0.1, 0.15) is 17.2 Å². The number of piperazine rings is 1. The first kappa shape index (κ1) is 13.5. The smallest absolute Gasteiger partial charge is 0.0511 e. The van der Waals surface area contributed by atoms with E-state index in [2.05, 4.69) is 67.4 Å². The van der Waals surface area contributed by atoms with Crippen LogP contribution in [0.5, 0.6) is 0 Å². The lowest BCUT2D eigenvalue weighted by molar-refractivity contribution is 0.154. The first-order valence-electron chi connectivity index (χ1n) is 6.73. The zero-order chi connectivity index (χ0) is 13.1. The molecule has 2 rings (SSSR count). The van der Waals surface area contributed by atoms with Crippen molar-refractivity contribution in [3.63, 3.8) is 0 Å². The van der Waals surface area contributed by atoms with Crippen LogP contribution in [0, 0.1) is 6.92 Å². The van der Waals surface area contributed by atoms with Crippen molar-refractivity contribution in [1.82, 2.24) is 15.1 Å². The molecule has 1 aromatic rings. The third kappa shape index (κ3) is 2.91. The first-order valence-corrected chi connectivity index (χ1v) is 6.73. The molecule has 1 aliphatic rings. The molecule has 3 nitrogen and oxygen atoms in total. The second-order valence-corrected chi connectivity index (χ2v) is 5.59. The Balaban J connectivity index is 2.26. The molecule has 0 bridgehead atoms. The van der Waals surface area contributed by atoms with E-state index in [1.807, 2.05) is 0 Å². The Morgan fingerprint density at radius 1 is 1.33 bits per heavy atom. The SMILES string of the molecule is Cc1ccccc1C(C1CN(C)CCN1)N(C)C. The summed E-state index contributed by atoms with van der Waals surface area (Å²) in [7, 11) is 6.55. The predicted molar refractivity (Wildman–Crippen MR) is 76.9 cm³/mol. The Morgan fingerprint density at radius 2 is 2.06 bits per heavy atom. The summed E-state index contributed by atoms with van der Waals surface area (Å²) >= 11 is 0. The number of benzene rings is 1. The lowest BCUT2D eigenvalue weighted by Gasteiger charge is -2.39. The quantitative estimate of drug-likeness (QED) is 0.873. The van der Waals surface area contributed by atoms with Crippen molar-refractivity contribution in [3.8, 4) is 0 Å². The molecule has 1 aromatic carbocycles. The molecular formula is C15H25N3. The van der Waals surface area contributed by atoms with Crippen LogP contribution < -0.4 is 5.32 Å². The van der Waals surface area contributed by atoms with Crippen LogP contribution in [-0.2, 0) is 0 Å². The average molecular weight is 247 g/mol. The largest absolute Gasteiger partial charge is 0.310 e. The molecular weight excluding hydrogens is 222 g/mol. The van der Waals surface area contributed by atoms with E-state index < -0.39 is 0 Å². The van der Waals surface area contributed by atoms with Gasteiger partial charge in [-0.15, -0.1) is 0 Å². The van der Waals surface area contributed by atoms with Crippen molar-refractivity contribution < 1.29 is 0 Å². The number of hydrogen-bond acceptors (Lipinski definition) is 3. The molecule has 1 aliphatic heterocycles. The maximum absolute atomic E-state index is 3.67. The van der Waals surface area contributed by atoms with E-state index >= 15 is 0 Å². The molecule has 3 heteroatoms. The fourth-order valence-electron chi connectivity index (χ4n) is 2.92. The standard InChI is InChI=1S/C15H25N3/c1-12-7-5-6-8-13(12)15(17(2)3)14-11-18(4)10-9-16-14/h5-8,14-16H,9-11H2,1-4H3. The van der Waals surface area contributed by atoms with Gasteiger partial charge in [-0.3, -0.25) is 0 Å². The minimum absolute atomic E-state index is 0.439. The Hall–Kier alpha value is -0.900. The van der Waals surface area contributed by atoms with Crippen LogP contribution in [0.25, 0.3) is 0 Å². The molecule has 0 aliphatic carbocycles. The molecule has 0 saturated carbocycles.